The lowest BCUT2D eigenvalue weighted by Crippen LogP contribution is -2.40. The van der Waals surface area contributed by atoms with Gasteiger partial charge in [-0.25, -0.2) is 4.98 Å². The molecule has 0 atom stereocenters. The minimum atomic E-state index is -0.107. The number of amides is 1. The summed E-state index contributed by atoms with van der Waals surface area (Å²) in [5.74, 6) is 1.44. The molecule has 3 aromatic carbocycles. The number of anilines is 2. The molecule has 0 spiro atoms. The molecule has 0 saturated heterocycles. The van der Waals surface area contributed by atoms with E-state index in [0.717, 1.165) is 53.4 Å². The molecule has 0 unspecified atom stereocenters. The lowest BCUT2D eigenvalue weighted by atomic mass is 9.90. The summed E-state index contributed by atoms with van der Waals surface area (Å²) in [5.41, 5.74) is 3.69. The summed E-state index contributed by atoms with van der Waals surface area (Å²) in [6.45, 7) is 0. The normalized spacial score (nSPS) is 17.2. The Balaban J connectivity index is 1.17. The standard InChI is InChI=1S/C31H31N7O/c1-38(2)29-24-13-7-8-14-25(24)34-31(35-29)33-22-18-16-21(17-19-22)32-30(39)27-23-12-6-9-15-26(23)36-37-28(27)20-10-4-3-5-11-20/h3-15,21-22H,16-19H2,1-2H3,(H,32,39)(H,33,34,35). The maximum absolute atomic E-state index is 13.7. The fourth-order valence-electron chi connectivity index (χ4n) is 5.37. The third-order valence-corrected chi connectivity index (χ3v) is 7.34. The third kappa shape index (κ3) is 5.10. The third-order valence-electron chi connectivity index (χ3n) is 7.34. The quantitative estimate of drug-likeness (QED) is 0.309. The molecule has 2 N–H and O–H groups in total. The zero-order chi connectivity index (χ0) is 26.8. The predicted molar refractivity (Wildman–Crippen MR) is 156 cm³/mol. The summed E-state index contributed by atoms with van der Waals surface area (Å²) in [6.07, 6.45) is 3.57. The Hall–Kier alpha value is -4.59. The van der Waals surface area contributed by atoms with Crippen LogP contribution in [0.25, 0.3) is 33.1 Å². The Morgan fingerprint density at radius 1 is 0.744 bits per heavy atom. The first-order valence-electron chi connectivity index (χ1n) is 13.4. The molecule has 1 aliphatic carbocycles. The molecule has 39 heavy (non-hydrogen) atoms. The van der Waals surface area contributed by atoms with Gasteiger partial charge in [-0.05, 0) is 43.9 Å². The van der Waals surface area contributed by atoms with E-state index in [9.17, 15) is 4.79 Å². The first kappa shape index (κ1) is 24.7. The monoisotopic (exact) mass is 517 g/mol. The number of nitrogens with zero attached hydrogens (tertiary/aromatic N) is 5. The van der Waals surface area contributed by atoms with Gasteiger partial charge in [0.25, 0.3) is 5.91 Å². The van der Waals surface area contributed by atoms with Crippen LogP contribution in [0.2, 0.25) is 0 Å². The maximum Gasteiger partial charge on any atom is 0.254 e. The van der Waals surface area contributed by atoms with Crippen molar-refractivity contribution in [2.75, 3.05) is 24.3 Å². The molecule has 2 heterocycles. The number of aromatic nitrogens is 4. The van der Waals surface area contributed by atoms with Gasteiger partial charge in [-0.1, -0.05) is 60.7 Å². The van der Waals surface area contributed by atoms with Crippen molar-refractivity contribution in [1.29, 1.82) is 0 Å². The molecular formula is C31H31N7O. The van der Waals surface area contributed by atoms with Crippen LogP contribution >= 0.6 is 0 Å². The van der Waals surface area contributed by atoms with Crippen LogP contribution in [0.3, 0.4) is 0 Å². The van der Waals surface area contributed by atoms with Gasteiger partial charge >= 0.3 is 0 Å². The van der Waals surface area contributed by atoms with Crippen molar-refractivity contribution in [2.45, 2.75) is 37.8 Å². The highest BCUT2D eigenvalue weighted by atomic mass is 16.1. The zero-order valence-corrected chi connectivity index (χ0v) is 22.1. The number of rotatable bonds is 6. The highest BCUT2D eigenvalue weighted by molar-refractivity contribution is 6.10. The van der Waals surface area contributed by atoms with Gasteiger partial charge in [0.2, 0.25) is 5.95 Å². The fourth-order valence-corrected chi connectivity index (χ4v) is 5.37. The summed E-state index contributed by atoms with van der Waals surface area (Å²) in [6, 6.07) is 25.9. The van der Waals surface area contributed by atoms with Gasteiger partial charge in [0.1, 0.15) is 11.5 Å². The number of nitrogens with one attached hydrogen (secondary N) is 2. The molecule has 6 rings (SSSR count). The lowest BCUT2D eigenvalue weighted by molar-refractivity contribution is 0.0928. The molecule has 5 aromatic rings. The van der Waals surface area contributed by atoms with Crippen molar-refractivity contribution in [3.05, 3.63) is 84.4 Å². The first-order chi connectivity index (χ1) is 19.1. The second-order valence-electron chi connectivity index (χ2n) is 10.3. The van der Waals surface area contributed by atoms with E-state index in [4.69, 9.17) is 9.97 Å². The molecule has 1 amide bonds. The van der Waals surface area contributed by atoms with Crippen LogP contribution in [0.5, 0.6) is 0 Å². The van der Waals surface area contributed by atoms with Gasteiger partial charge < -0.3 is 15.5 Å². The highest BCUT2D eigenvalue weighted by Gasteiger charge is 2.26. The Labute approximate surface area is 227 Å². The molecule has 196 valence electrons. The van der Waals surface area contributed by atoms with E-state index in [-0.39, 0.29) is 18.0 Å². The van der Waals surface area contributed by atoms with Gasteiger partial charge in [-0.2, -0.15) is 4.98 Å². The predicted octanol–water partition coefficient (Wildman–Crippen LogP) is 5.46. The molecule has 2 aromatic heterocycles. The number of benzene rings is 3. The van der Waals surface area contributed by atoms with Crippen LogP contribution < -0.4 is 15.5 Å². The Morgan fingerprint density at radius 3 is 2.13 bits per heavy atom. The summed E-state index contributed by atoms with van der Waals surface area (Å²) in [5, 5.41) is 17.5. The lowest BCUT2D eigenvalue weighted by Gasteiger charge is -2.30. The maximum atomic E-state index is 13.7. The molecule has 0 bridgehead atoms. The van der Waals surface area contributed by atoms with E-state index in [1.165, 1.54) is 0 Å². The van der Waals surface area contributed by atoms with E-state index in [0.29, 0.717) is 22.7 Å². The second kappa shape index (κ2) is 10.6. The van der Waals surface area contributed by atoms with E-state index >= 15 is 0 Å². The smallest absolute Gasteiger partial charge is 0.254 e. The molecule has 1 fully saturated rings. The van der Waals surface area contributed by atoms with E-state index in [1.54, 1.807) is 0 Å². The molecular weight excluding hydrogens is 486 g/mol. The number of carbonyl (C=O) groups excluding carboxylic acids is 1. The Morgan fingerprint density at radius 2 is 1.38 bits per heavy atom. The molecule has 1 saturated carbocycles. The molecule has 1 aliphatic rings. The largest absolute Gasteiger partial charge is 0.362 e. The van der Waals surface area contributed by atoms with Gasteiger partial charge in [-0.3, -0.25) is 4.79 Å². The van der Waals surface area contributed by atoms with Gasteiger partial charge in [0.05, 0.1) is 16.6 Å². The SMILES string of the molecule is CN(C)c1nc(NC2CCC(NC(=O)c3c(-c4ccccc4)nnc4ccccc34)CC2)nc2ccccc12. The van der Waals surface area contributed by atoms with Crippen LogP contribution in [-0.4, -0.2) is 52.3 Å². The van der Waals surface area contributed by atoms with Gasteiger partial charge in [0.15, 0.2) is 0 Å². The van der Waals surface area contributed by atoms with Crippen LogP contribution in [0, 0.1) is 0 Å². The highest BCUT2D eigenvalue weighted by Crippen LogP contribution is 2.29. The van der Waals surface area contributed by atoms with Crippen molar-refractivity contribution >= 4 is 39.5 Å². The topological polar surface area (TPSA) is 95.9 Å². The van der Waals surface area contributed by atoms with Crippen molar-refractivity contribution in [3.63, 3.8) is 0 Å². The van der Waals surface area contributed by atoms with E-state index in [2.05, 4.69) is 20.8 Å². The van der Waals surface area contributed by atoms with Crippen molar-refractivity contribution in [2.24, 2.45) is 0 Å². The number of hydrogen-bond donors (Lipinski definition) is 2. The van der Waals surface area contributed by atoms with Crippen LogP contribution in [0.15, 0.2) is 78.9 Å². The number of hydrogen-bond acceptors (Lipinski definition) is 7. The van der Waals surface area contributed by atoms with Crippen LogP contribution in [-0.2, 0) is 0 Å². The van der Waals surface area contributed by atoms with Crippen LogP contribution in [0.1, 0.15) is 36.0 Å². The number of carbonyl (C=O) groups is 1. The second-order valence-corrected chi connectivity index (χ2v) is 10.3. The Bertz CT molecular complexity index is 1630. The van der Waals surface area contributed by atoms with Crippen molar-refractivity contribution in [1.82, 2.24) is 25.5 Å². The van der Waals surface area contributed by atoms with Crippen molar-refractivity contribution in [3.8, 4) is 11.3 Å². The summed E-state index contributed by atoms with van der Waals surface area (Å²) in [4.78, 5) is 25.3. The number of fused-ring (bicyclic) bond motifs is 2. The van der Waals surface area contributed by atoms with Crippen LogP contribution in [0.4, 0.5) is 11.8 Å². The summed E-state index contributed by atoms with van der Waals surface area (Å²) < 4.78 is 0. The van der Waals surface area contributed by atoms with E-state index in [1.807, 2.05) is 97.9 Å². The summed E-state index contributed by atoms with van der Waals surface area (Å²) >= 11 is 0. The summed E-state index contributed by atoms with van der Waals surface area (Å²) in [7, 11) is 3.99. The fraction of sp³-hybridized carbons (Fsp3) is 0.258. The van der Waals surface area contributed by atoms with Gasteiger partial charge in [0, 0.05) is 42.5 Å². The molecule has 8 nitrogen and oxygen atoms in total. The van der Waals surface area contributed by atoms with Crippen molar-refractivity contribution < 1.29 is 4.79 Å². The average molecular weight is 518 g/mol. The molecule has 8 heteroatoms. The average Bonchev–Trinajstić information content (AvgIpc) is 2.97. The molecule has 0 radical (unpaired) electrons. The first-order valence-corrected chi connectivity index (χ1v) is 13.4. The number of para-hydroxylation sites is 1. The molecule has 0 aliphatic heterocycles. The zero-order valence-electron chi connectivity index (χ0n) is 22.1. The van der Waals surface area contributed by atoms with Gasteiger partial charge in [-0.15, -0.1) is 10.2 Å². The minimum absolute atomic E-state index is 0.0842. The van der Waals surface area contributed by atoms with E-state index < -0.39 is 0 Å². The Kier molecular flexibility index (Phi) is 6.75. The minimum Gasteiger partial charge on any atom is -0.362 e.